The van der Waals surface area contributed by atoms with Crippen LogP contribution in [0.25, 0.3) is 0 Å². The molecule has 0 aromatic carbocycles. The minimum Gasteiger partial charge on any atom is -0.481 e. The summed E-state index contributed by atoms with van der Waals surface area (Å²) in [7, 11) is 0. The number of carboxylic acid groups (broad SMARTS) is 1. The van der Waals surface area contributed by atoms with Gasteiger partial charge in [0.15, 0.2) is 0 Å². The highest BCUT2D eigenvalue weighted by atomic mass is 16.4. The molecule has 4 unspecified atom stereocenters. The summed E-state index contributed by atoms with van der Waals surface area (Å²) >= 11 is 0. The van der Waals surface area contributed by atoms with Crippen molar-refractivity contribution in [2.45, 2.75) is 124 Å². The molecule has 0 aliphatic heterocycles. The van der Waals surface area contributed by atoms with Gasteiger partial charge in [-0.1, -0.05) is 34.6 Å². The molecule has 0 aromatic heterocycles. The minimum absolute atomic E-state index is 0.0471. The lowest BCUT2D eigenvalue weighted by Gasteiger charge is -2.72. The highest BCUT2D eigenvalue weighted by molar-refractivity contribution is 5.76. The number of aliphatic hydroxyl groups excluding tert-OH is 1. The lowest BCUT2D eigenvalue weighted by atomic mass is 9.32. The van der Waals surface area contributed by atoms with Crippen LogP contribution in [0.5, 0.6) is 0 Å². The molecule has 5 saturated carbocycles. The van der Waals surface area contributed by atoms with Gasteiger partial charge >= 0.3 is 5.97 Å². The van der Waals surface area contributed by atoms with Crippen LogP contribution in [-0.2, 0) is 4.79 Å². The molecule has 4 nitrogen and oxygen atoms in total. The third-order valence-electron chi connectivity index (χ3n) is 13.7. The number of aliphatic hydroxyl groups is 2. The molecule has 0 amide bonds. The molecule has 34 heavy (non-hydrogen) atoms. The van der Waals surface area contributed by atoms with Crippen LogP contribution < -0.4 is 0 Å². The third-order valence-corrected chi connectivity index (χ3v) is 13.7. The van der Waals surface area contributed by atoms with E-state index in [2.05, 4.69) is 34.6 Å². The first-order chi connectivity index (χ1) is 15.6. The first-order valence-electron chi connectivity index (χ1n) is 14.2. The Kier molecular flexibility index (Phi) is 5.34. The fourth-order valence-electron chi connectivity index (χ4n) is 11.7. The van der Waals surface area contributed by atoms with E-state index >= 15 is 0 Å². The molecule has 0 heterocycles. The molecule has 5 aliphatic rings. The normalized spacial score (nSPS) is 54.4. The second-order valence-corrected chi connectivity index (χ2v) is 15.3. The Hall–Kier alpha value is -0.610. The van der Waals surface area contributed by atoms with Gasteiger partial charge < -0.3 is 15.3 Å². The maximum atomic E-state index is 12.8. The van der Waals surface area contributed by atoms with Crippen molar-refractivity contribution in [1.29, 1.82) is 0 Å². The van der Waals surface area contributed by atoms with Gasteiger partial charge in [-0.05, 0) is 129 Å². The maximum absolute atomic E-state index is 12.8. The van der Waals surface area contributed by atoms with Gasteiger partial charge in [-0.2, -0.15) is 0 Å². The van der Waals surface area contributed by atoms with Gasteiger partial charge in [0.25, 0.3) is 0 Å². The van der Waals surface area contributed by atoms with E-state index in [1.54, 1.807) is 0 Å². The van der Waals surface area contributed by atoms with Crippen LogP contribution in [0.2, 0.25) is 0 Å². The number of hydrogen-bond donors (Lipinski definition) is 3. The summed E-state index contributed by atoms with van der Waals surface area (Å²) in [5.41, 5.74) is -1.04. The van der Waals surface area contributed by atoms with E-state index in [4.69, 9.17) is 0 Å². The van der Waals surface area contributed by atoms with E-state index < -0.39 is 17.0 Å². The monoisotopic (exact) mass is 474 g/mol. The first-order valence-corrected chi connectivity index (χ1v) is 14.2. The standard InChI is InChI=1S/C30H50O4/c1-25(2)20-11-14-29(7)21(27(20,5)13-12-22(25)31)9-8-19-23-18(26(3,4)34)10-15-30(23,24(32)33)17-16-28(19,29)6/h18-23,31,34H,8-17H2,1-7H3,(H,32,33)/t18-,19?,20?,21?,22+,23?,27+,28-,29-,30+/m1/s1. The van der Waals surface area contributed by atoms with Crippen molar-refractivity contribution in [3.05, 3.63) is 0 Å². The first kappa shape index (κ1) is 25.1. The van der Waals surface area contributed by atoms with Gasteiger partial charge in [-0.25, -0.2) is 0 Å². The second-order valence-electron chi connectivity index (χ2n) is 15.3. The Bertz CT molecular complexity index is 858. The summed E-state index contributed by atoms with van der Waals surface area (Å²) in [6.07, 6.45) is 9.72. The minimum atomic E-state index is -0.842. The van der Waals surface area contributed by atoms with Gasteiger partial charge in [0.1, 0.15) is 0 Å². The fraction of sp³-hybridized carbons (Fsp3) is 0.967. The van der Waals surface area contributed by atoms with Crippen LogP contribution in [0.3, 0.4) is 0 Å². The average Bonchev–Trinajstić information content (AvgIpc) is 3.13. The number of rotatable bonds is 2. The molecule has 5 fully saturated rings. The van der Waals surface area contributed by atoms with Crippen LogP contribution in [-0.4, -0.2) is 33.0 Å². The molecule has 0 saturated heterocycles. The molecule has 0 aromatic rings. The lowest BCUT2D eigenvalue weighted by Crippen LogP contribution is -2.67. The van der Waals surface area contributed by atoms with Crippen LogP contribution in [0, 0.1) is 56.7 Å². The van der Waals surface area contributed by atoms with Crippen molar-refractivity contribution < 1.29 is 20.1 Å². The van der Waals surface area contributed by atoms with Gasteiger partial charge in [0, 0.05) is 0 Å². The van der Waals surface area contributed by atoms with Crippen LogP contribution in [0.1, 0.15) is 113 Å². The van der Waals surface area contributed by atoms with Gasteiger partial charge in [0.2, 0.25) is 0 Å². The Balaban J connectivity index is 1.57. The molecule has 3 N–H and O–H groups in total. The van der Waals surface area contributed by atoms with E-state index in [1.165, 1.54) is 19.3 Å². The van der Waals surface area contributed by atoms with E-state index in [9.17, 15) is 20.1 Å². The summed E-state index contributed by atoms with van der Waals surface area (Å²) in [5, 5.41) is 32.6. The van der Waals surface area contributed by atoms with Crippen molar-refractivity contribution >= 4 is 5.97 Å². The quantitative estimate of drug-likeness (QED) is 0.440. The Morgan fingerprint density at radius 3 is 2.09 bits per heavy atom. The highest BCUT2D eigenvalue weighted by Gasteiger charge is 2.72. The zero-order valence-corrected chi connectivity index (χ0v) is 22.8. The van der Waals surface area contributed by atoms with E-state index in [0.29, 0.717) is 17.8 Å². The molecule has 5 rings (SSSR count). The van der Waals surface area contributed by atoms with Crippen LogP contribution in [0.15, 0.2) is 0 Å². The second kappa shape index (κ2) is 7.24. The van der Waals surface area contributed by atoms with E-state index in [-0.39, 0.29) is 39.6 Å². The SMILES string of the molecule is CC(C)(O)[C@@H]1CC[C@]2(C(=O)O)CC[C@]3(C)C(CCC4[C@@]5(C)CC[C@H](O)C(C)(C)C5CC[C@]43C)C12. The Labute approximate surface area is 207 Å². The number of carboxylic acids is 1. The molecule has 4 heteroatoms. The van der Waals surface area contributed by atoms with Crippen LogP contribution in [0.4, 0.5) is 0 Å². The summed E-state index contributed by atoms with van der Waals surface area (Å²) in [5.74, 6) is 1.03. The highest BCUT2D eigenvalue weighted by Crippen LogP contribution is 2.77. The lowest BCUT2D eigenvalue weighted by molar-refractivity contribution is -0.252. The van der Waals surface area contributed by atoms with Crippen molar-refractivity contribution in [2.24, 2.45) is 56.7 Å². The summed E-state index contributed by atoms with van der Waals surface area (Å²) in [4.78, 5) is 12.8. The summed E-state index contributed by atoms with van der Waals surface area (Å²) in [6.45, 7) is 16.0. The Morgan fingerprint density at radius 1 is 0.794 bits per heavy atom. The maximum Gasteiger partial charge on any atom is 0.309 e. The largest absolute Gasteiger partial charge is 0.481 e. The van der Waals surface area contributed by atoms with Gasteiger partial charge in [-0.15, -0.1) is 0 Å². The van der Waals surface area contributed by atoms with Crippen molar-refractivity contribution in [3.8, 4) is 0 Å². The molecule has 194 valence electrons. The number of hydrogen-bond acceptors (Lipinski definition) is 3. The van der Waals surface area contributed by atoms with Crippen LogP contribution >= 0.6 is 0 Å². The molecule has 0 radical (unpaired) electrons. The van der Waals surface area contributed by atoms with E-state index in [0.717, 1.165) is 44.9 Å². The fourth-order valence-corrected chi connectivity index (χ4v) is 11.7. The molecule has 10 atom stereocenters. The van der Waals surface area contributed by atoms with E-state index in [1.807, 2.05) is 13.8 Å². The van der Waals surface area contributed by atoms with Gasteiger partial charge in [-0.3, -0.25) is 4.79 Å². The van der Waals surface area contributed by atoms with Crippen molar-refractivity contribution in [1.82, 2.24) is 0 Å². The molecule has 0 spiro atoms. The number of aliphatic carboxylic acids is 1. The van der Waals surface area contributed by atoms with Crippen molar-refractivity contribution in [3.63, 3.8) is 0 Å². The zero-order chi connectivity index (χ0) is 25.1. The smallest absolute Gasteiger partial charge is 0.309 e. The molecule has 5 aliphatic carbocycles. The third kappa shape index (κ3) is 2.88. The summed E-state index contributed by atoms with van der Waals surface area (Å²) in [6, 6.07) is 0. The molecular formula is C30H50O4. The zero-order valence-electron chi connectivity index (χ0n) is 22.8. The predicted octanol–water partition coefficient (Wildman–Crippen LogP) is 6.28. The van der Waals surface area contributed by atoms with Gasteiger partial charge in [0.05, 0.1) is 17.1 Å². The average molecular weight is 475 g/mol. The molecular weight excluding hydrogens is 424 g/mol. The summed E-state index contributed by atoms with van der Waals surface area (Å²) < 4.78 is 0. The topological polar surface area (TPSA) is 77.8 Å². The predicted molar refractivity (Wildman–Crippen MR) is 134 cm³/mol. The van der Waals surface area contributed by atoms with Crippen molar-refractivity contribution in [2.75, 3.05) is 0 Å². The molecule has 0 bridgehead atoms. The Morgan fingerprint density at radius 2 is 1.47 bits per heavy atom. The number of fused-ring (bicyclic) bond motifs is 7. The number of carbonyl (C=O) groups is 1.